The summed E-state index contributed by atoms with van der Waals surface area (Å²) in [6, 6.07) is 2.17. The lowest BCUT2D eigenvalue weighted by molar-refractivity contribution is 0.0179. The van der Waals surface area contributed by atoms with Crippen LogP contribution in [0.1, 0.15) is 22.3 Å². The van der Waals surface area contributed by atoms with Gasteiger partial charge in [0.15, 0.2) is 0 Å². The van der Waals surface area contributed by atoms with E-state index in [1.165, 1.54) is 22.3 Å². The van der Waals surface area contributed by atoms with E-state index in [2.05, 4.69) is 33.8 Å². The van der Waals surface area contributed by atoms with Gasteiger partial charge in [-0.2, -0.15) is 0 Å². The van der Waals surface area contributed by atoms with Crippen LogP contribution in [-0.4, -0.2) is 46.8 Å². The van der Waals surface area contributed by atoms with E-state index in [9.17, 15) is 0 Å². The zero-order valence-electron chi connectivity index (χ0n) is 14.0. The van der Waals surface area contributed by atoms with Gasteiger partial charge < -0.3 is 18.9 Å². The minimum atomic E-state index is 0.558. The second-order valence-corrected chi connectivity index (χ2v) is 5.16. The Balaban J connectivity index is 2.23. The van der Waals surface area contributed by atoms with Crippen molar-refractivity contribution in [1.29, 1.82) is 0 Å². The molecule has 0 aromatic heterocycles. The highest BCUT2D eigenvalue weighted by atomic mass is 16.6. The molecule has 21 heavy (non-hydrogen) atoms. The number of benzene rings is 1. The number of hydrogen-bond donors (Lipinski definition) is 0. The summed E-state index contributed by atoms with van der Waals surface area (Å²) in [5.74, 6) is 0.984. The van der Waals surface area contributed by atoms with Crippen molar-refractivity contribution < 1.29 is 18.9 Å². The molecule has 0 unspecified atom stereocenters. The van der Waals surface area contributed by atoms with Gasteiger partial charge in [0.05, 0.1) is 33.0 Å². The average Bonchev–Trinajstić information content (AvgIpc) is 2.46. The van der Waals surface area contributed by atoms with Gasteiger partial charge in [0.1, 0.15) is 12.4 Å². The quantitative estimate of drug-likeness (QED) is 0.622. The molecule has 0 radical (unpaired) electrons. The second-order valence-electron chi connectivity index (χ2n) is 5.16. The molecule has 0 atom stereocenters. The third-order valence-electron chi connectivity index (χ3n) is 3.56. The van der Waals surface area contributed by atoms with E-state index in [0.717, 1.165) is 5.75 Å². The van der Waals surface area contributed by atoms with Crippen molar-refractivity contribution in [3.63, 3.8) is 0 Å². The minimum Gasteiger partial charge on any atom is -0.491 e. The van der Waals surface area contributed by atoms with Gasteiger partial charge in [0.2, 0.25) is 0 Å². The van der Waals surface area contributed by atoms with Crippen LogP contribution in [0.4, 0.5) is 0 Å². The first kappa shape index (κ1) is 18.0. The van der Waals surface area contributed by atoms with E-state index in [0.29, 0.717) is 39.6 Å². The first-order valence-electron chi connectivity index (χ1n) is 7.42. The van der Waals surface area contributed by atoms with Crippen molar-refractivity contribution >= 4 is 0 Å². The summed E-state index contributed by atoms with van der Waals surface area (Å²) in [4.78, 5) is 0. The van der Waals surface area contributed by atoms with E-state index in [1.807, 2.05) is 0 Å². The maximum absolute atomic E-state index is 5.86. The number of hydrogen-bond acceptors (Lipinski definition) is 4. The number of methoxy groups -OCH3 is 1. The van der Waals surface area contributed by atoms with Crippen LogP contribution >= 0.6 is 0 Å². The van der Waals surface area contributed by atoms with Crippen LogP contribution in [0.25, 0.3) is 0 Å². The van der Waals surface area contributed by atoms with Gasteiger partial charge in [0, 0.05) is 7.11 Å². The third-order valence-corrected chi connectivity index (χ3v) is 3.56. The zero-order chi connectivity index (χ0) is 15.7. The molecular weight excluding hydrogens is 268 g/mol. The summed E-state index contributed by atoms with van der Waals surface area (Å²) in [5.41, 5.74) is 5.00. The second kappa shape index (κ2) is 9.77. The fourth-order valence-corrected chi connectivity index (χ4v) is 2.15. The Hall–Kier alpha value is -1.10. The smallest absolute Gasteiger partial charge is 0.125 e. The molecule has 0 aliphatic carbocycles. The van der Waals surface area contributed by atoms with Gasteiger partial charge in [-0.1, -0.05) is 6.07 Å². The molecule has 0 spiro atoms. The van der Waals surface area contributed by atoms with Gasteiger partial charge in [-0.15, -0.1) is 0 Å². The van der Waals surface area contributed by atoms with E-state index in [4.69, 9.17) is 18.9 Å². The maximum atomic E-state index is 5.86. The average molecular weight is 296 g/mol. The molecule has 0 fully saturated rings. The number of aryl methyl sites for hydroxylation is 2. The summed E-state index contributed by atoms with van der Waals surface area (Å²) >= 11 is 0. The van der Waals surface area contributed by atoms with Crippen LogP contribution in [0.15, 0.2) is 6.07 Å². The molecule has 0 saturated heterocycles. The van der Waals surface area contributed by atoms with Gasteiger partial charge in [-0.05, 0) is 49.9 Å². The Morgan fingerprint density at radius 1 is 0.714 bits per heavy atom. The van der Waals surface area contributed by atoms with Gasteiger partial charge in [-0.3, -0.25) is 0 Å². The highest BCUT2D eigenvalue weighted by Crippen LogP contribution is 2.28. The van der Waals surface area contributed by atoms with Gasteiger partial charge in [0.25, 0.3) is 0 Å². The molecule has 4 nitrogen and oxygen atoms in total. The predicted molar refractivity (Wildman–Crippen MR) is 84.4 cm³/mol. The fourth-order valence-electron chi connectivity index (χ4n) is 2.15. The molecule has 0 saturated carbocycles. The van der Waals surface area contributed by atoms with E-state index in [1.54, 1.807) is 7.11 Å². The molecule has 1 aromatic carbocycles. The van der Waals surface area contributed by atoms with Crippen molar-refractivity contribution in [2.45, 2.75) is 27.7 Å². The highest BCUT2D eigenvalue weighted by Gasteiger charge is 2.08. The normalized spacial score (nSPS) is 10.9. The van der Waals surface area contributed by atoms with Crippen LogP contribution in [0.5, 0.6) is 5.75 Å². The molecule has 4 heteroatoms. The number of ether oxygens (including phenoxy) is 4. The molecule has 0 bridgehead atoms. The first-order valence-corrected chi connectivity index (χ1v) is 7.42. The summed E-state index contributed by atoms with van der Waals surface area (Å²) in [7, 11) is 1.66. The van der Waals surface area contributed by atoms with Crippen LogP contribution in [0, 0.1) is 27.7 Å². The van der Waals surface area contributed by atoms with Gasteiger partial charge >= 0.3 is 0 Å². The summed E-state index contributed by atoms with van der Waals surface area (Å²) in [5, 5.41) is 0. The lowest BCUT2D eigenvalue weighted by Crippen LogP contribution is -2.13. The standard InChI is InChI=1S/C17H28O4/c1-13-12-14(2)17(16(4)15(13)3)21-11-10-20-9-8-19-7-6-18-5/h12H,6-11H2,1-5H3. The topological polar surface area (TPSA) is 36.9 Å². The van der Waals surface area contributed by atoms with Crippen molar-refractivity contribution in [3.05, 3.63) is 28.3 Å². The third kappa shape index (κ3) is 6.04. The summed E-state index contributed by atoms with van der Waals surface area (Å²) in [6.07, 6.45) is 0. The largest absolute Gasteiger partial charge is 0.491 e. The van der Waals surface area contributed by atoms with Crippen molar-refractivity contribution in [2.75, 3.05) is 46.8 Å². The van der Waals surface area contributed by atoms with Crippen molar-refractivity contribution in [2.24, 2.45) is 0 Å². The van der Waals surface area contributed by atoms with E-state index in [-0.39, 0.29) is 0 Å². The Bertz CT molecular complexity index is 429. The zero-order valence-corrected chi connectivity index (χ0v) is 14.0. The Morgan fingerprint density at radius 2 is 1.29 bits per heavy atom. The summed E-state index contributed by atoms with van der Waals surface area (Å²) < 4.78 is 21.5. The molecule has 1 rings (SSSR count). The van der Waals surface area contributed by atoms with E-state index >= 15 is 0 Å². The monoisotopic (exact) mass is 296 g/mol. The maximum Gasteiger partial charge on any atom is 0.125 e. The van der Waals surface area contributed by atoms with Crippen molar-refractivity contribution in [3.8, 4) is 5.75 Å². The Labute approximate surface area is 128 Å². The molecule has 1 aromatic rings. The first-order chi connectivity index (χ1) is 10.1. The fraction of sp³-hybridized carbons (Fsp3) is 0.647. The molecule has 0 amide bonds. The summed E-state index contributed by atoms with van der Waals surface area (Å²) in [6.45, 7) is 12.0. The van der Waals surface area contributed by atoms with Crippen LogP contribution < -0.4 is 4.74 Å². The highest BCUT2D eigenvalue weighted by molar-refractivity contribution is 5.48. The van der Waals surface area contributed by atoms with Crippen molar-refractivity contribution in [1.82, 2.24) is 0 Å². The molecular formula is C17H28O4. The molecule has 0 heterocycles. The number of rotatable bonds is 10. The lowest BCUT2D eigenvalue weighted by Gasteiger charge is -2.16. The minimum absolute atomic E-state index is 0.558. The van der Waals surface area contributed by atoms with Crippen LogP contribution in [0.3, 0.4) is 0 Å². The predicted octanol–water partition coefficient (Wildman–Crippen LogP) is 2.98. The molecule has 0 aliphatic rings. The molecule has 0 aliphatic heterocycles. The van der Waals surface area contributed by atoms with Gasteiger partial charge in [-0.25, -0.2) is 0 Å². The molecule has 120 valence electrons. The van der Waals surface area contributed by atoms with Crippen LogP contribution in [0.2, 0.25) is 0 Å². The SMILES string of the molecule is COCCOCCOCCOc1c(C)cc(C)c(C)c1C. The Morgan fingerprint density at radius 3 is 1.90 bits per heavy atom. The van der Waals surface area contributed by atoms with E-state index < -0.39 is 0 Å². The Kier molecular flexibility index (Phi) is 8.35. The molecule has 0 N–H and O–H groups in total. The lowest BCUT2D eigenvalue weighted by atomic mass is 10.00. The van der Waals surface area contributed by atoms with Crippen LogP contribution in [-0.2, 0) is 14.2 Å².